The van der Waals surface area contributed by atoms with E-state index in [-0.39, 0.29) is 12.2 Å². The summed E-state index contributed by atoms with van der Waals surface area (Å²) in [6.07, 6.45) is 2.54. The van der Waals surface area contributed by atoms with Crippen LogP contribution in [0.3, 0.4) is 0 Å². The lowest BCUT2D eigenvalue weighted by Gasteiger charge is -2.10. The zero-order valence-corrected chi connectivity index (χ0v) is 10.6. The molecule has 0 aliphatic rings. The SMILES string of the molecule is CCCCCC(F)COc1ccc(C(=O)O)cc1. The molecule has 0 radical (unpaired) electrons. The minimum atomic E-state index is -0.982. The average molecular weight is 254 g/mol. The topological polar surface area (TPSA) is 46.5 Å². The van der Waals surface area contributed by atoms with Crippen molar-refractivity contribution in [3.63, 3.8) is 0 Å². The number of halogens is 1. The predicted octanol–water partition coefficient (Wildman–Crippen LogP) is 3.68. The molecule has 0 saturated heterocycles. The molecule has 4 heteroatoms. The molecule has 1 rings (SSSR count). The zero-order valence-electron chi connectivity index (χ0n) is 10.6. The molecular weight excluding hydrogens is 235 g/mol. The van der Waals surface area contributed by atoms with E-state index in [0.29, 0.717) is 12.2 Å². The first-order valence-electron chi connectivity index (χ1n) is 6.23. The van der Waals surface area contributed by atoms with E-state index in [1.807, 2.05) is 0 Å². The molecule has 0 spiro atoms. The lowest BCUT2D eigenvalue weighted by atomic mass is 10.1. The molecule has 0 amide bonds. The molecule has 100 valence electrons. The van der Waals surface area contributed by atoms with Crippen LogP contribution in [0.15, 0.2) is 24.3 Å². The second kappa shape index (κ2) is 7.69. The number of hydrogen-bond donors (Lipinski definition) is 1. The molecule has 1 atom stereocenters. The van der Waals surface area contributed by atoms with E-state index < -0.39 is 12.1 Å². The molecule has 1 N–H and O–H groups in total. The molecule has 0 aromatic heterocycles. The van der Waals surface area contributed by atoms with Gasteiger partial charge >= 0.3 is 5.97 Å². The number of carboxylic acids is 1. The van der Waals surface area contributed by atoms with Gasteiger partial charge in [-0.3, -0.25) is 0 Å². The van der Waals surface area contributed by atoms with E-state index in [1.54, 1.807) is 12.1 Å². The van der Waals surface area contributed by atoms with Gasteiger partial charge in [0.2, 0.25) is 0 Å². The van der Waals surface area contributed by atoms with E-state index in [2.05, 4.69) is 6.92 Å². The molecule has 0 bridgehead atoms. The van der Waals surface area contributed by atoms with E-state index in [0.717, 1.165) is 19.3 Å². The van der Waals surface area contributed by atoms with E-state index in [9.17, 15) is 9.18 Å². The molecule has 0 aliphatic carbocycles. The van der Waals surface area contributed by atoms with Crippen LogP contribution in [0.4, 0.5) is 4.39 Å². The Balaban J connectivity index is 2.32. The first-order chi connectivity index (χ1) is 8.63. The lowest BCUT2D eigenvalue weighted by Crippen LogP contribution is -2.12. The van der Waals surface area contributed by atoms with Crippen LogP contribution in [0.2, 0.25) is 0 Å². The largest absolute Gasteiger partial charge is 0.491 e. The fourth-order valence-electron chi connectivity index (χ4n) is 1.58. The van der Waals surface area contributed by atoms with Crippen molar-refractivity contribution in [2.75, 3.05) is 6.61 Å². The quantitative estimate of drug-likeness (QED) is 0.720. The van der Waals surface area contributed by atoms with Crippen LogP contribution in [0.25, 0.3) is 0 Å². The summed E-state index contributed by atoms with van der Waals surface area (Å²) < 4.78 is 18.7. The smallest absolute Gasteiger partial charge is 0.335 e. The highest BCUT2D eigenvalue weighted by molar-refractivity contribution is 5.87. The molecule has 0 heterocycles. The van der Waals surface area contributed by atoms with Crippen LogP contribution >= 0.6 is 0 Å². The summed E-state index contributed by atoms with van der Waals surface area (Å²) in [5.41, 5.74) is 0.196. The van der Waals surface area contributed by atoms with Crippen LogP contribution in [-0.2, 0) is 0 Å². The molecule has 1 unspecified atom stereocenters. The average Bonchev–Trinajstić information content (AvgIpc) is 2.37. The Morgan fingerprint density at radius 3 is 2.56 bits per heavy atom. The van der Waals surface area contributed by atoms with Gasteiger partial charge in [0.25, 0.3) is 0 Å². The molecule has 1 aromatic rings. The van der Waals surface area contributed by atoms with Crippen LogP contribution in [-0.4, -0.2) is 23.9 Å². The molecule has 18 heavy (non-hydrogen) atoms. The lowest BCUT2D eigenvalue weighted by molar-refractivity contribution is 0.0697. The highest BCUT2D eigenvalue weighted by Crippen LogP contribution is 2.14. The first-order valence-corrected chi connectivity index (χ1v) is 6.23. The highest BCUT2D eigenvalue weighted by atomic mass is 19.1. The van der Waals surface area contributed by atoms with Crippen molar-refractivity contribution in [2.24, 2.45) is 0 Å². The summed E-state index contributed by atoms with van der Waals surface area (Å²) >= 11 is 0. The maximum Gasteiger partial charge on any atom is 0.335 e. The number of carboxylic acid groups (broad SMARTS) is 1. The number of unbranched alkanes of at least 4 members (excludes halogenated alkanes) is 2. The van der Waals surface area contributed by atoms with Crippen molar-refractivity contribution in [3.8, 4) is 5.75 Å². The van der Waals surface area contributed by atoms with E-state index >= 15 is 0 Å². The number of hydrogen-bond acceptors (Lipinski definition) is 2. The molecule has 0 aliphatic heterocycles. The van der Waals surface area contributed by atoms with Crippen molar-refractivity contribution >= 4 is 5.97 Å². The zero-order chi connectivity index (χ0) is 13.4. The number of benzene rings is 1. The second-order valence-corrected chi connectivity index (χ2v) is 4.23. The molecule has 3 nitrogen and oxygen atoms in total. The normalized spacial score (nSPS) is 12.1. The number of carbonyl (C=O) groups is 1. The third-order valence-electron chi connectivity index (χ3n) is 2.65. The van der Waals surface area contributed by atoms with Gasteiger partial charge in [0.15, 0.2) is 0 Å². The van der Waals surface area contributed by atoms with Crippen LogP contribution in [0.5, 0.6) is 5.75 Å². The molecular formula is C14H19FO3. The van der Waals surface area contributed by atoms with E-state index in [1.165, 1.54) is 12.1 Å². The van der Waals surface area contributed by atoms with Crippen molar-refractivity contribution in [1.29, 1.82) is 0 Å². The number of rotatable bonds is 8. The van der Waals surface area contributed by atoms with Gasteiger partial charge in [-0.25, -0.2) is 9.18 Å². The number of ether oxygens (including phenoxy) is 1. The van der Waals surface area contributed by atoms with Crippen molar-refractivity contribution in [3.05, 3.63) is 29.8 Å². The fourth-order valence-corrected chi connectivity index (χ4v) is 1.58. The van der Waals surface area contributed by atoms with E-state index in [4.69, 9.17) is 9.84 Å². The van der Waals surface area contributed by atoms with Gasteiger partial charge in [0.05, 0.1) is 5.56 Å². The van der Waals surface area contributed by atoms with Gasteiger partial charge in [-0.05, 0) is 30.7 Å². The van der Waals surface area contributed by atoms with Gasteiger partial charge in [-0.2, -0.15) is 0 Å². The Morgan fingerprint density at radius 2 is 2.00 bits per heavy atom. The minimum absolute atomic E-state index is 0.0239. The van der Waals surface area contributed by atoms with Crippen molar-refractivity contribution in [2.45, 2.75) is 38.8 Å². The van der Waals surface area contributed by atoms with Gasteiger partial charge in [0, 0.05) is 0 Å². The molecule has 0 saturated carbocycles. The standard InChI is InChI=1S/C14H19FO3/c1-2-3-4-5-12(15)10-18-13-8-6-11(7-9-13)14(16)17/h6-9,12H,2-5,10H2,1H3,(H,16,17). The Morgan fingerprint density at radius 1 is 1.33 bits per heavy atom. The van der Waals surface area contributed by atoms with Crippen molar-refractivity contribution < 1.29 is 19.0 Å². The molecule has 1 aromatic carbocycles. The van der Waals surface area contributed by atoms with Gasteiger partial charge in [0.1, 0.15) is 18.5 Å². The third kappa shape index (κ3) is 5.17. The monoisotopic (exact) mass is 254 g/mol. The summed E-state index contributed by atoms with van der Waals surface area (Å²) in [6.45, 7) is 2.10. The first kappa shape index (κ1) is 14.5. The van der Waals surface area contributed by atoms with Gasteiger partial charge in [-0.15, -0.1) is 0 Å². The summed E-state index contributed by atoms with van der Waals surface area (Å²) in [5, 5.41) is 8.71. The summed E-state index contributed by atoms with van der Waals surface area (Å²) in [5.74, 6) is -0.484. The summed E-state index contributed by atoms with van der Waals surface area (Å²) in [6, 6.07) is 5.98. The van der Waals surface area contributed by atoms with Crippen LogP contribution in [0.1, 0.15) is 43.0 Å². The Kier molecular flexibility index (Phi) is 6.19. The highest BCUT2D eigenvalue weighted by Gasteiger charge is 2.07. The predicted molar refractivity (Wildman–Crippen MR) is 67.9 cm³/mol. The van der Waals surface area contributed by atoms with Crippen LogP contribution < -0.4 is 4.74 Å². The maximum absolute atomic E-state index is 13.4. The van der Waals surface area contributed by atoms with Gasteiger partial charge < -0.3 is 9.84 Å². The molecule has 0 fully saturated rings. The maximum atomic E-state index is 13.4. The summed E-state index contributed by atoms with van der Waals surface area (Å²) in [7, 11) is 0. The Bertz CT molecular complexity index is 362. The summed E-state index contributed by atoms with van der Waals surface area (Å²) in [4.78, 5) is 10.6. The third-order valence-corrected chi connectivity index (χ3v) is 2.65. The fraction of sp³-hybridized carbons (Fsp3) is 0.500. The number of aromatic carboxylic acids is 1. The van der Waals surface area contributed by atoms with Gasteiger partial charge in [-0.1, -0.05) is 26.2 Å². The Labute approximate surface area is 107 Å². The van der Waals surface area contributed by atoms with Crippen LogP contribution in [0, 0.1) is 0 Å². The number of alkyl halides is 1. The second-order valence-electron chi connectivity index (χ2n) is 4.23. The van der Waals surface area contributed by atoms with Crippen molar-refractivity contribution in [1.82, 2.24) is 0 Å². The Hall–Kier alpha value is -1.58. The minimum Gasteiger partial charge on any atom is -0.491 e.